The smallest absolute Gasteiger partial charge is 0.388 e. The lowest BCUT2D eigenvalue weighted by Crippen LogP contribution is -2.57. The van der Waals surface area contributed by atoms with Gasteiger partial charge in [0, 0.05) is 93.5 Å². The number of hydrogen-bond acceptors (Lipinski definition) is 5. The summed E-state index contributed by atoms with van der Waals surface area (Å²) < 4.78 is 40.7. The summed E-state index contributed by atoms with van der Waals surface area (Å²) in [7, 11) is 1.54. The van der Waals surface area contributed by atoms with Crippen LogP contribution in [-0.4, -0.2) is 77.9 Å². The summed E-state index contributed by atoms with van der Waals surface area (Å²) in [5.41, 5.74) is 2.92. The van der Waals surface area contributed by atoms with Gasteiger partial charge in [0.15, 0.2) is 0 Å². The molecule has 1 saturated heterocycles. The van der Waals surface area contributed by atoms with Crippen molar-refractivity contribution in [3.63, 3.8) is 0 Å². The molecule has 1 atom stereocenters. The summed E-state index contributed by atoms with van der Waals surface area (Å²) in [5, 5.41) is 3.38. The van der Waals surface area contributed by atoms with Crippen LogP contribution in [0.1, 0.15) is 32.7 Å². The highest BCUT2D eigenvalue weighted by molar-refractivity contribution is 6.30. The predicted molar refractivity (Wildman–Crippen MR) is 151 cm³/mol. The maximum absolute atomic E-state index is 13.7. The number of carbonyl (C=O) groups is 1. The Morgan fingerprint density at radius 1 is 1.05 bits per heavy atom. The molecule has 5 rings (SSSR count). The maximum atomic E-state index is 13.7. The molecule has 0 saturated carbocycles. The molecule has 0 spiro atoms. The lowest BCUT2D eigenvalue weighted by molar-refractivity contribution is -0.137. The molecule has 3 heterocycles. The van der Waals surface area contributed by atoms with E-state index in [2.05, 4.69) is 26.2 Å². The summed E-state index contributed by atoms with van der Waals surface area (Å²) in [6.07, 6.45) is -1.19. The van der Waals surface area contributed by atoms with Crippen molar-refractivity contribution < 1.29 is 18.0 Å². The lowest BCUT2D eigenvalue weighted by atomic mass is 10.00. The molecule has 2 aliphatic heterocycles. The van der Waals surface area contributed by atoms with E-state index in [1.54, 1.807) is 11.9 Å². The minimum atomic E-state index is -4.55. The first-order chi connectivity index (χ1) is 19.2. The van der Waals surface area contributed by atoms with Crippen molar-refractivity contribution >= 4 is 23.2 Å². The normalized spacial score (nSPS) is 18.4. The number of rotatable bonds is 7. The monoisotopic (exact) mass is 571 g/mol. The van der Waals surface area contributed by atoms with Crippen molar-refractivity contribution in [2.45, 2.75) is 31.6 Å². The maximum Gasteiger partial charge on any atom is 0.416 e. The zero-order valence-electron chi connectivity index (χ0n) is 22.4. The molecule has 0 bridgehead atoms. The number of anilines is 1. The van der Waals surface area contributed by atoms with Crippen LogP contribution in [0.15, 0.2) is 60.8 Å². The van der Waals surface area contributed by atoms with E-state index < -0.39 is 11.7 Å². The van der Waals surface area contributed by atoms with E-state index in [1.165, 1.54) is 17.3 Å². The quantitative estimate of drug-likeness (QED) is 0.421. The van der Waals surface area contributed by atoms with Crippen molar-refractivity contribution in [2.75, 3.05) is 51.6 Å². The van der Waals surface area contributed by atoms with Gasteiger partial charge in [-0.3, -0.25) is 19.6 Å². The molecule has 0 aliphatic carbocycles. The van der Waals surface area contributed by atoms with E-state index in [0.29, 0.717) is 31.1 Å². The van der Waals surface area contributed by atoms with Crippen LogP contribution < -0.4 is 5.32 Å². The molecule has 3 aromatic rings. The van der Waals surface area contributed by atoms with E-state index in [4.69, 9.17) is 11.6 Å². The average Bonchev–Trinajstić information content (AvgIpc) is 2.96. The zero-order valence-corrected chi connectivity index (χ0v) is 23.2. The molecule has 212 valence electrons. The Kier molecular flexibility index (Phi) is 8.63. The van der Waals surface area contributed by atoms with Gasteiger partial charge in [-0.1, -0.05) is 29.8 Å². The number of benzene rings is 2. The molecule has 2 aromatic carbocycles. The highest BCUT2D eigenvalue weighted by Gasteiger charge is 2.35. The van der Waals surface area contributed by atoms with Crippen LogP contribution in [0, 0.1) is 0 Å². The third-order valence-electron chi connectivity index (χ3n) is 7.78. The number of nitrogens with one attached hydrogen (secondary N) is 1. The molecular weight excluding hydrogens is 539 g/mol. The SMILES string of the molecule is CNc1cc(C(=O)N2CCN(CCN3CCc4ncccc4C3)C[C@H]2Cc2ccc(Cl)cc2)cc(C(F)(F)F)c1. The van der Waals surface area contributed by atoms with Crippen LogP contribution in [0.4, 0.5) is 18.9 Å². The van der Waals surface area contributed by atoms with Crippen molar-refractivity contribution in [3.05, 3.63) is 93.8 Å². The number of piperazine rings is 1. The van der Waals surface area contributed by atoms with Gasteiger partial charge < -0.3 is 10.2 Å². The highest BCUT2D eigenvalue weighted by atomic mass is 35.5. The first-order valence-corrected chi connectivity index (χ1v) is 13.9. The summed E-state index contributed by atoms with van der Waals surface area (Å²) >= 11 is 6.08. The highest BCUT2D eigenvalue weighted by Crippen LogP contribution is 2.33. The molecule has 6 nitrogen and oxygen atoms in total. The lowest BCUT2D eigenvalue weighted by Gasteiger charge is -2.42. The number of halogens is 4. The Balaban J connectivity index is 1.32. The van der Waals surface area contributed by atoms with Gasteiger partial charge in [0.1, 0.15) is 0 Å². The van der Waals surface area contributed by atoms with Crippen LogP contribution in [0.2, 0.25) is 5.02 Å². The van der Waals surface area contributed by atoms with Gasteiger partial charge in [-0.05, 0) is 53.9 Å². The second kappa shape index (κ2) is 12.2. The number of amides is 1. The molecule has 1 N–H and O–H groups in total. The topological polar surface area (TPSA) is 51.7 Å². The number of fused-ring (bicyclic) bond motifs is 1. The summed E-state index contributed by atoms with van der Waals surface area (Å²) in [6.45, 7) is 5.32. The first-order valence-electron chi connectivity index (χ1n) is 13.5. The van der Waals surface area contributed by atoms with Gasteiger partial charge in [0.25, 0.3) is 5.91 Å². The number of pyridine rings is 1. The fourth-order valence-electron chi connectivity index (χ4n) is 5.58. The van der Waals surface area contributed by atoms with Gasteiger partial charge in [-0.25, -0.2) is 0 Å². The fraction of sp³-hybridized carbons (Fsp3) is 0.400. The third kappa shape index (κ3) is 6.77. The molecule has 10 heteroatoms. The minimum absolute atomic E-state index is 0.0364. The number of nitrogens with zero attached hydrogens (tertiary/aromatic N) is 4. The van der Waals surface area contributed by atoms with Gasteiger partial charge in [-0.2, -0.15) is 13.2 Å². The van der Waals surface area contributed by atoms with Gasteiger partial charge >= 0.3 is 6.18 Å². The van der Waals surface area contributed by atoms with Crippen LogP contribution in [0.3, 0.4) is 0 Å². The van der Waals surface area contributed by atoms with Crippen LogP contribution in [0.5, 0.6) is 0 Å². The van der Waals surface area contributed by atoms with Crippen LogP contribution in [0.25, 0.3) is 0 Å². The van der Waals surface area contributed by atoms with Gasteiger partial charge in [0.05, 0.1) is 5.56 Å². The Morgan fingerprint density at radius 2 is 1.82 bits per heavy atom. The minimum Gasteiger partial charge on any atom is -0.388 e. The largest absolute Gasteiger partial charge is 0.416 e. The second-order valence-electron chi connectivity index (χ2n) is 10.5. The average molecular weight is 572 g/mol. The molecule has 40 heavy (non-hydrogen) atoms. The number of aromatic nitrogens is 1. The van der Waals surface area contributed by atoms with Crippen LogP contribution in [-0.2, 0) is 25.6 Å². The fourth-order valence-corrected chi connectivity index (χ4v) is 5.71. The predicted octanol–water partition coefficient (Wildman–Crippen LogP) is 5.22. The standard InChI is InChI=1S/C30H33ClF3N5O/c1-35-26-17-23(16-24(18-26)30(32,33)34)29(40)39-14-13-38(20-27(39)15-21-4-6-25(31)7-5-21)12-11-37-10-8-28-22(19-37)3-2-9-36-28/h2-7,9,16-18,27,35H,8,10-15,19-20H2,1H3/t27-/m1/s1. The van der Waals surface area contributed by atoms with E-state index in [9.17, 15) is 18.0 Å². The molecule has 1 aromatic heterocycles. The third-order valence-corrected chi connectivity index (χ3v) is 8.04. The van der Waals surface area contributed by atoms with Crippen molar-refractivity contribution in [1.82, 2.24) is 19.7 Å². The molecule has 0 unspecified atom stereocenters. The molecule has 2 aliphatic rings. The molecule has 1 fully saturated rings. The van der Waals surface area contributed by atoms with Crippen molar-refractivity contribution in [3.8, 4) is 0 Å². The van der Waals surface area contributed by atoms with Crippen LogP contribution >= 0.6 is 11.6 Å². The number of carbonyl (C=O) groups excluding carboxylic acids is 1. The van der Waals surface area contributed by atoms with Gasteiger partial charge in [0.2, 0.25) is 0 Å². The Hall–Kier alpha value is -3.14. The first kappa shape index (κ1) is 28.4. The Morgan fingerprint density at radius 3 is 2.58 bits per heavy atom. The summed E-state index contributed by atoms with van der Waals surface area (Å²) in [4.78, 5) is 24.7. The Labute approximate surface area is 237 Å². The van der Waals surface area contributed by atoms with E-state index >= 15 is 0 Å². The zero-order chi connectivity index (χ0) is 28.3. The summed E-state index contributed by atoms with van der Waals surface area (Å²) in [5.74, 6) is -0.388. The molecular formula is C30H33ClF3N5O. The van der Waals surface area contributed by atoms with Gasteiger partial charge in [-0.15, -0.1) is 0 Å². The molecule has 1 amide bonds. The number of hydrogen-bond donors (Lipinski definition) is 1. The van der Waals surface area contributed by atoms with E-state index in [1.807, 2.05) is 36.5 Å². The van der Waals surface area contributed by atoms with Crippen molar-refractivity contribution in [2.24, 2.45) is 0 Å². The van der Waals surface area contributed by atoms with E-state index in [-0.39, 0.29) is 23.2 Å². The number of alkyl halides is 3. The van der Waals surface area contributed by atoms with E-state index in [0.717, 1.165) is 50.3 Å². The summed E-state index contributed by atoms with van der Waals surface area (Å²) in [6, 6.07) is 14.9. The second-order valence-corrected chi connectivity index (χ2v) is 10.9. The van der Waals surface area contributed by atoms with Crippen molar-refractivity contribution in [1.29, 1.82) is 0 Å². The Bertz CT molecular complexity index is 1330. The molecule has 0 radical (unpaired) electrons.